The summed E-state index contributed by atoms with van der Waals surface area (Å²) < 4.78 is 0. The first-order valence-corrected chi connectivity index (χ1v) is 15.0. The van der Waals surface area contributed by atoms with E-state index in [4.69, 9.17) is 0 Å². The molecule has 4 aromatic carbocycles. The van der Waals surface area contributed by atoms with Crippen molar-refractivity contribution in [1.82, 2.24) is 14.7 Å². The van der Waals surface area contributed by atoms with Gasteiger partial charge in [0, 0.05) is 58.4 Å². The number of aryl methyl sites for hydroxylation is 1. The summed E-state index contributed by atoms with van der Waals surface area (Å²) in [7, 11) is 1.99. The molecule has 0 radical (unpaired) electrons. The molecule has 41 heavy (non-hydrogen) atoms. The molecule has 0 fully saturated rings. The number of imide groups is 2. The lowest BCUT2D eigenvalue weighted by Gasteiger charge is -2.29. The van der Waals surface area contributed by atoms with Gasteiger partial charge in [0.2, 0.25) is 0 Å². The van der Waals surface area contributed by atoms with Crippen LogP contribution in [-0.4, -0.2) is 83.1 Å². The van der Waals surface area contributed by atoms with Crippen molar-refractivity contribution in [3.63, 3.8) is 0 Å². The average molecular weight is 566 g/mol. The molecule has 2 aliphatic rings. The number of likely N-dealkylation sites (N-methyl/N-ethyl adjacent to an activating group) is 1. The number of nitrogens with zero attached hydrogens (tertiary/aromatic N) is 3. The zero-order chi connectivity index (χ0) is 28.7. The summed E-state index contributed by atoms with van der Waals surface area (Å²) in [5.41, 5.74) is 3.41. The third-order valence-electron chi connectivity index (χ3n) is 8.06. The minimum Gasteiger partial charge on any atom is -0.305 e. The van der Waals surface area contributed by atoms with Crippen molar-refractivity contribution >= 4 is 56.9 Å². The minimum absolute atomic E-state index is 0.223. The third kappa shape index (κ3) is 4.81. The second-order valence-corrected chi connectivity index (χ2v) is 11.9. The molecule has 2 aliphatic heterocycles. The van der Waals surface area contributed by atoms with Crippen LogP contribution in [0.5, 0.6) is 0 Å². The summed E-state index contributed by atoms with van der Waals surface area (Å²) >= 11 is 1.71. The van der Waals surface area contributed by atoms with Crippen molar-refractivity contribution < 1.29 is 19.2 Å². The Kier molecular flexibility index (Phi) is 7.36. The van der Waals surface area contributed by atoms with Crippen molar-refractivity contribution in [3.05, 3.63) is 94.5 Å². The SMILES string of the molecule is Cc1ccc2c3c(cccc13)C(=O)N(CCSCCCN(C)CCN1C(=O)c3cccc4cccc(c34)C1=O)C2=O. The van der Waals surface area contributed by atoms with Crippen LogP contribution in [0.3, 0.4) is 0 Å². The molecule has 6 rings (SSSR count). The number of amides is 4. The second-order valence-electron chi connectivity index (χ2n) is 10.7. The fourth-order valence-electron chi connectivity index (χ4n) is 5.86. The zero-order valence-electron chi connectivity index (χ0n) is 23.2. The van der Waals surface area contributed by atoms with Crippen LogP contribution >= 0.6 is 11.8 Å². The van der Waals surface area contributed by atoms with E-state index in [1.54, 1.807) is 30.0 Å². The van der Waals surface area contributed by atoms with E-state index in [-0.39, 0.29) is 23.6 Å². The first-order chi connectivity index (χ1) is 19.9. The van der Waals surface area contributed by atoms with Crippen LogP contribution in [0.1, 0.15) is 53.4 Å². The van der Waals surface area contributed by atoms with Crippen LogP contribution in [0, 0.1) is 6.92 Å². The molecule has 4 amide bonds. The van der Waals surface area contributed by atoms with Gasteiger partial charge in [0.1, 0.15) is 0 Å². The van der Waals surface area contributed by atoms with Crippen LogP contribution in [0.25, 0.3) is 21.5 Å². The molecule has 8 heteroatoms. The molecule has 0 saturated heterocycles. The smallest absolute Gasteiger partial charge is 0.261 e. The molecule has 0 unspecified atom stereocenters. The molecule has 0 aromatic heterocycles. The van der Waals surface area contributed by atoms with Gasteiger partial charge < -0.3 is 4.90 Å². The van der Waals surface area contributed by atoms with Crippen LogP contribution < -0.4 is 0 Å². The highest BCUT2D eigenvalue weighted by Crippen LogP contribution is 2.32. The summed E-state index contributed by atoms with van der Waals surface area (Å²) in [6.45, 7) is 4.09. The number of carbonyl (C=O) groups is 4. The largest absolute Gasteiger partial charge is 0.305 e. The number of benzene rings is 4. The van der Waals surface area contributed by atoms with Gasteiger partial charge >= 0.3 is 0 Å². The molecule has 2 heterocycles. The fourth-order valence-corrected chi connectivity index (χ4v) is 6.70. The maximum Gasteiger partial charge on any atom is 0.261 e. The number of rotatable bonds is 10. The molecule has 0 aliphatic carbocycles. The van der Waals surface area contributed by atoms with Gasteiger partial charge in [-0.25, -0.2) is 0 Å². The Balaban J connectivity index is 0.967. The summed E-state index contributed by atoms with van der Waals surface area (Å²) in [5, 5.41) is 3.37. The Labute approximate surface area is 243 Å². The number of hydrogen-bond donors (Lipinski definition) is 0. The summed E-state index contributed by atoms with van der Waals surface area (Å²) in [6, 6.07) is 20.6. The van der Waals surface area contributed by atoms with Crippen LogP contribution in [0.15, 0.2) is 66.7 Å². The molecule has 0 atom stereocenters. The standard InChI is InChI=1S/C33H31N3O4S/c1-21-13-14-27-29-23(21)9-5-12-26(29)32(39)36(33(27)40)18-20-41-19-6-15-34(2)16-17-35-30(37)24-10-3-7-22-8-4-11-25(28(22)24)31(35)38/h3-5,7-14H,6,15-20H2,1-2H3. The van der Waals surface area contributed by atoms with Gasteiger partial charge in [0.25, 0.3) is 23.6 Å². The Morgan fingerprint density at radius 1 is 0.634 bits per heavy atom. The van der Waals surface area contributed by atoms with E-state index < -0.39 is 0 Å². The maximum absolute atomic E-state index is 13.1. The van der Waals surface area contributed by atoms with E-state index in [9.17, 15) is 19.2 Å². The van der Waals surface area contributed by atoms with Crippen molar-refractivity contribution in [2.45, 2.75) is 13.3 Å². The lowest BCUT2D eigenvalue weighted by Crippen LogP contribution is -2.44. The highest BCUT2D eigenvalue weighted by Gasteiger charge is 2.33. The zero-order valence-corrected chi connectivity index (χ0v) is 24.0. The number of carbonyl (C=O) groups excluding carboxylic acids is 4. The lowest BCUT2D eigenvalue weighted by atomic mass is 9.92. The monoisotopic (exact) mass is 565 g/mol. The Morgan fingerprint density at radius 2 is 1.20 bits per heavy atom. The summed E-state index contributed by atoms with van der Waals surface area (Å²) in [5.74, 6) is 0.626. The quantitative estimate of drug-likeness (QED) is 0.193. The van der Waals surface area contributed by atoms with Crippen molar-refractivity contribution in [2.24, 2.45) is 0 Å². The van der Waals surface area contributed by atoms with Gasteiger partial charge in [0.15, 0.2) is 0 Å². The Morgan fingerprint density at radius 3 is 1.85 bits per heavy atom. The molecule has 0 bridgehead atoms. The van der Waals surface area contributed by atoms with Gasteiger partial charge in [-0.3, -0.25) is 29.0 Å². The molecular weight excluding hydrogens is 534 g/mol. The third-order valence-corrected chi connectivity index (χ3v) is 9.11. The van der Waals surface area contributed by atoms with Gasteiger partial charge in [-0.15, -0.1) is 0 Å². The second kappa shape index (κ2) is 11.1. The van der Waals surface area contributed by atoms with Crippen LogP contribution in [0.4, 0.5) is 0 Å². The van der Waals surface area contributed by atoms with E-state index in [0.717, 1.165) is 45.8 Å². The lowest BCUT2D eigenvalue weighted by molar-refractivity contribution is 0.0590. The maximum atomic E-state index is 13.1. The molecule has 208 valence electrons. The van der Waals surface area contributed by atoms with E-state index >= 15 is 0 Å². The molecule has 4 aromatic rings. The van der Waals surface area contributed by atoms with E-state index in [1.165, 1.54) is 9.80 Å². The van der Waals surface area contributed by atoms with Crippen molar-refractivity contribution in [3.8, 4) is 0 Å². The predicted molar refractivity (Wildman–Crippen MR) is 163 cm³/mol. The van der Waals surface area contributed by atoms with Crippen molar-refractivity contribution in [1.29, 1.82) is 0 Å². The topological polar surface area (TPSA) is 78.0 Å². The summed E-state index contributed by atoms with van der Waals surface area (Å²) in [4.78, 5) is 57.3. The predicted octanol–water partition coefficient (Wildman–Crippen LogP) is 5.25. The Hall–Kier alpha value is -4.01. The van der Waals surface area contributed by atoms with Gasteiger partial charge in [0.05, 0.1) is 0 Å². The number of hydrogen-bond acceptors (Lipinski definition) is 6. The molecule has 0 saturated carbocycles. The highest BCUT2D eigenvalue weighted by atomic mass is 32.2. The average Bonchev–Trinajstić information content (AvgIpc) is 2.98. The first kappa shape index (κ1) is 27.2. The highest BCUT2D eigenvalue weighted by molar-refractivity contribution is 7.99. The van der Waals surface area contributed by atoms with Crippen LogP contribution in [-0.2, 0) is 0 Å². The Bertz CT molecular complexity index is 1660. The van der Waals surface area contributed by atoms with E-state index in [0.29, 0.717) is 47.6 Å². The molecular formula is C33H31N3O4S. The van der Waals surface area contributed by atoms with Crippen molar-refractivity contribution in [2.75, 3.05) is 44.7 Å². The van der Waals surface area contributed by atoms with Gasteiger partial charge in [-0.1, -0.05) is 42.5 Å². The molecule has 0 spiro atoms. The fraction of sp³-hybridized carbons (Fsp3) is 0.273. The number of thioether (sulfide) groups is 1. The molecule has 7 nitrogen and oxygen atoms in total. The van der Waals surface area contributed by atoms with Gasteiger partial charge in [-0.2, -0.15) is 11.8 Å². The summed E-state index contributed by atoms with van der Waals surface area (Å²) in [6.07, 6.45) is 0.911. The van der Waals surface area contributed by atoms with Gasteiger partial charge in [-0.05, 0) is 73.3 Å². The normalized spacial score (nSPS) is 14.7. The van der Waals surface area contributed by atoms with Crippen LogP contribution in [0.2, 0.25) is 0 Å². The first-order valence-electron chi connectivity index (χ1n) is 13.9. The minimum atomic E-state index is -0.237. The van der Waals surface area contributed by atoms with E-state index in [2.05, 4.69) is 4.90 Å². The van der Waals surface area contributed by atoms with E-state index in [1.807, 2.05) is 62.5 Å². The molecule has 0 N–H and O–H groups in total.